The first-order valence-corrected chi connectivity index (χ1v) is 7.59. The zero-order valence-electron chi connectivity index (χ0n) is 13.2. The van der Waals surface area contributed by atoms with Crippen molar-refractivity contribution >= 4 is 11.9 Å². The average molecular weight is 309 g/mol. The van der Waals surface area contributed by atoms with E-state index in [1.54, 1.807) is 24.3 Å². The molecule has 0 aromatic heterocycles. The second-order valence-electron chi connectivity index (χ2n) is 5.95. The maximum atomic E-state index is 12.4. The van der Waals surface area contributed by atoms with E-state index in [1.807, 2.05) is 37.3 Å². The Balaban J connectivity index is 1.84. The Morgan fingerprint density at radius 2 is 1.74 bits per heavy atom. The molecule has 0 unspecified atom stereocenters. The standard InChI is InChI=1S/C19H19NO3/c1-13-8-10-14(11-9-13)16-12-19(16,18(22)23-2)20-17(21)15-6-4-3-5-7-15/h3-11,16H,12H2,1-2H3,(H,20,21)/t16-,19+/m1/s1. The van der Waals surface area contributed by atoms with Crippen LogP contribution in [-0.2, 0) is 9.53 Å². The Morgan fingerprint density at radius 3 is 2.35 bits per heavy atom. The zero-order valence-corrected chi connectivity index (χ0v) is 13.2. The summed E-state index contributed by atoms with van der Waals surface area (Å²) in [5, 5.41) is 2.88. The normalized spacial score (nSPS) is 22.3. The molecule has 0 radical (unpaired) electrons. The first kappa shape index (κ1) is 15.3. The third-order valence-corrected chi connectivity index (χ3v) is 4.36. The Bertz CT molecular complexity index is 724. The van der Waals surface area contributed by atoms with E-state index in [0.29, 0.717) is 12.0 Å². The number of benzene rings is 2. The molecule has 3 rings (SSSR count). The van der Waals surface area contributed by atoms with Crippen LogP contribution in [0.3, 0.4) is 0 Å². The fourth-order valence-electron chi connectivity index (χ4n) is 2.93. The summed E-state index contributed by atoms with van der Waals surface area (Å²) >= 11 is 0. The fraction of sp³-hybridized carbons (Fsp3) is 0.263. The summed E-state index contributed by atoms with van der Waals surface area (Å²) in [7, 11) is 1.35. The van der Waals surface area contributed by atoms with Gasteiger partial charge in [-0.05, 0) is 31.0 Å². The number of esters is 1. The molecule has 0 aliphatic heterocycles. The molecule has 23 heavy (non-hydrogen) atoms. The van der Waals surface area contributed by atoms with Crippen LogP contribution >= 0.6 is 0 Å². The third-order valence-electron chi connectivity index (χ3n) is 4.36. The van der Waals surface area contributed by atoms with Gasteiger partial charge >= 0.3 is 5.97 Å². The number of carbonyl (C=O) groups is 2. The summed E-state index contributed by atoms with van der Waals surface area (Å²) < 4.78 is 4.94. The van der Waals surface area contributed by atoms with Crippen molar-refractivity contribution in [2.45, 2.75) is 24.8 Å². The molecular weight excluding hydrogens is 290 g/mol. The lowest BCUT2D eigenvalue weighted by Crippen LogP contribution is -2.45. The van der Waals surface area contributed by atoms with Crippen LogP contribution in [0.25, 0.3) is 0 Å². The first-order valence-electron chi connectivity index (χ1n) is 7.59. The highest BCUT2D eigenvalue weighted by atomic mass is 16.5. The Kier molecular flexibility index (Phi) is 3.90. The van der Waals surface area contributed by atoms with Crippen molar-refractivity contribution in [1.82, 2.24) is 5.32 Å². The Labute approximate surface area is 135 Å². The maximum Gasteiger partial charge on any atom is 0.332 e. The van der Waals surface area contributed by atoms with Gasteiger partial charge in [0.1, 0.15) is 5.54 Å². The highest BCUT2D eigenvalue weighted by Crippen LogP contribution is 2.52. The molecule has 4 nitrogen and oxygen atoms in total. The SMILES string of the molecule is COC(=O)[C@]1(NC(=O)c2ccccc2)C[C@@H]1c1ccc(C)cc1. The molecule has 4 heteroatoms. The summed E-state index contributed by atoms with van der Waals surface area (Å²) in [6.07, 6.45) is 0.557. The molecule has 1 saturated carbocycles. The van der Waals surface area contributed by atoms with Crippen molar-refractivity contribution in [2.24, 2.45) is 0 Å². The van der Waals surface area contributed by atoms with Crippen LogP contribution in [0.2, 0.25) is 0 Å². The predicted octanol–water partition coefficient (Wildman–Crippen LogP) is 2.82. The fourth-order valence-corrected chi connectivity index (χ4v) is 2.93. The molecule has 0 saturated heterocycles. The average Bonchev–Trinajstić information content (AvgIpc) is 3.31. The van der Waals surface area contributed by atoms with E-state index in [9.17, 15) is 9.59 Å². The zero-order chi connectivity index (χ0) is 16.4. The lowest BCUT2D eigenvalue weighted by atomic mass is 10.0. The summed E-state index contributed by atoms with van der Waals surface area (Å²) in [6.45, 7) is 2.02. The number of methoxy groups -OCH3 is 1. The van der Waals surface area contributed by atoms with Gasteiger partial charge < -0.3 is 10.1 Å². The number of rotatable bonds is 4. The quantitative estimate of drug-likeness (QED) is 0.884. The molecule has 118 valence electrons. The topological polar surface area (TPSA) is 55.4 Å². The molecule has 1 amide bonds. The van der Waals surface area contributed by atoms with Crippen LogP contribution in [-0.4, -0.2) is 24.5 Å². The largest absolute Gasteiger partial charge is 0.467 e. The minimum atomic E-state index is -0.961. The van der Waals surface area contributed by atoms with E-state index in [2.05, 4.69) is 5.32 Å². The van der Waals surface area contributed by atoms with Gasteiger partial charge in [0.05, 0.1) is 7.11 Å². The highest BCUT2D eigenvalue weighted by Gasteiger charge is 2.62. The molecular formula is C19H19NO3. The molecule has 1 fully saturated rings. The van der Waals surface area contributed by atoms with Crippen LogP contribution in [0.15, 0.2) is 54.6 Å². The number of carbonyl (C=O) groups excluding carboxylic acids is 2. The van der Waals surface area contributed by atoms with E-state index in [-0.39, 0.29) is 11.8 Å². The minimum absolute atomic E-state index is 0.0526. The molecule has 2 atom stereocenters. The first-order chi connectivity index (χ1) is 11.1. The van der Waals surface area contributed by atoms with E-state index < -0.39 is 11.5 Å². The van der Waals surface area contributed by atoms with Crippen molar-refractivity contribution < 1.29 is 14.3 Å². The molecule has 1 aliphatic carbocycles. The van der Waals surface area contributed by atoms with Gasteiger partial charge in [0.15, 0.2) is 0 Å². The monoisotopic (exact) mass is 309 g/mol. The number of aryl methyl sites for hydroxylation is 1. The number of nitrogens with one attached hydrogen (secondary N) is 1. The van der Waals surface area contributed by atoms with Crippen molar-refractivity contribution in [3.63, 3.8) is 0 Å². The van der Waals surface area contributed by atoms with Gasteiger partial charge in [-0.3, -0.25) is 4.79 Å². The summed E-state index contributed by atoms with van der Waals surface area (Å²) in [5.41, 5.74) is 1.77. The van der Waals surface area contributed by atoms with Gasteiger partial charge in [-0.15, -0.1) is 0 Å². The van der Waals surface area contributed by atoms with Crippen LogP contribution in [0, 0.1) is 6.92 Å². The Hall–Kier alpha value is -2.62. The lowest BCUT2D eigenvalue weighted by Gasteiger charge is -2.17. The van der Waals surface area contributed by atoms with Gasteiger partial charge in [0, 0.05) is 11.5 Å². The van der Waals surface area contributed by atoms with Gasteiger partial charge in [-0.1, -0.05) is 48.0 Å². The van der Waals surface area contributed by atoms with Crippen molar-refractivity contribution in [3.8, 4) is 0 Å². The molecule has 0 bridgehead atoms. The summed E-state index contributed by atoms with van der Waals surface area (Å²) in [6, 6.07) is 16.9. The number of ether oxygens (including phenoxy) is 1. The molecule has 2 aromatic carbocycles. The van der Waals surface area contributed by atoms with E-state index in [4.69, 9.17) is 4.74 Å². The second-order valence-corrected chi connectivity index (χ2v) is 5.95. The summed E-state index contributed by atoms with van der Waals surface area (Å²) in [4.78, 5) is 24.7. The number of hydrogen-bond acceptors (Lipinski definition) is 3. The van der Waals surface area contributed by atoms with Crippen LogP contribution in [0.1, 0.15) is 33.8 Å². The highest BCUT2D eigenvalue weighted by molar-refractivity contribution is 6.00. The Morgan fingerprint density at radius 1 is 1.09 bits per heavy atom. The molecule has 1 N–H and O–H groups in total. The van der Waals surface area contributed by atoms with Crippen LogP contribution in [0.4, 0.5) is 0 Å². The van der Waals surface area contributed by atoms with E-state index in [1.165, 1.54) is 7.11 Å². The van der Waals surface area contributed by atoms with Gasteiger partial charge in [-0.2, -0.15) is 0 Å². The smallest absolute Gasteiger partial charge is 0.332 e. The van der Waals surface area contributed by atoms with E-state index >= 15 is 0 Å². The predicted molar refractivity (Wildman–Crippen MR) is 87.2 cm³/mol. The summed E-state index contributed by atoms with van der Waals surface area (Å²) in [5.74, 6) is -0.707. The van der Waals surface area contributed by atoms with Crippen molar-refractivity contribution in [1.29, 1.82) is 0 Å². The third kappa shape index (κ3) is 2.84. The van der Waals surface area contributed by atoms with Crippen molar-refractivity contribution in [2.75, 3.05) is 7.11 Å². The van der Waals surface area contributed by atoms with Crippen molar-refractivity contribution in [3.05, 3.63) is 71.3 Å². The van der Waals surface area contributed by atoms with Gasteiger partial charge in [0.2, 0.25) is 0 Å². The van der Waals surface area contributed by atoms with E-state index in [0.717, 1.165) is 11.1 Å². The van der Waals surface area contributed by atoms with Gasteiger partial charge in [-0.25, -0.2) is 4.79 Å². The number of hydrogen-bond donors (Lipinski definition) is 1. The van der Waals surface area contributed by atoms with Crippen LogP contribution in [0.5, 0.6) is 0 Å². The number of amides is 1. The van der Waals surface area contributed by atoms with Crippen LogP contribution < -0.4 is 5.32 Å². The van der Waals surface area contributed by atoms with Gasteiger partial charge in [0.25, 0.3) is 5.91 Å². The lowest BCUT2D eigenvalue weighted by molar-refractivity contribution is -0.144. The molecule has 0 heterocycles. The maximum absolute atomic E-state index is 12.4. The molecule has 1 aliphatic rings. The molecule has 2 aromatic rings. The second kappa shape index (κ2) is 5.88. The molecule has 0 spiro atoms. The minimum Gasteiger partial charge on any atom is -0.467 e.